The summed E-state index contributed by atoms with van der Waals surface area (Å²) in [6, 6.07) is 0. The monoisotopic (exact) mass is 226 g/mol. The Balaban J connectivity index is 3.41. The van der Waals surface area contributed by atoms with Crippen molar-refractivity contribution in [1.29, 1.82) is 0 Å². The molecular formula is C9H20ClO2P. The van der Waals surface area contributed by atoms with Gasteiger partial charge in [-0.1, -0.05) is 32.6 Å². The van der Waals surface area contributed by atoms with Gasteiger partial charge in [-0.25, -0.2) is 0 Å². The molecule has 0 aromatic rings. The van der Waals surface area contributed by atoms with E-state index >= 15 is 0 Å². The topological polar surface area (TPSA) is 26.3 Å². The van der Waals surface area contributed by atoms with Crippen molar-refractivity contribution < 1.29 is 9.09 Å². The van der Waals surface area contributed by atoms with Crippen LogP contribution in [0.2, 0.25) is 0 Å². The molecule has 13 heavy (non-hydrogen) atoms. The first-order valence-corrected chi connectivity index (χ1v) is 7.89. The summed E-state index contributed by atoms with van der Waals surface area (Å²) in [6.07, 6.45) is 5.82. The Bertz CT molecular complexity index is 167. The van der Waals surface area contributed by atoms with Crippen LogP contribution in [-0.4, -0.2) is 12.8 Å². The standard InChI is InChI=1S/C9H20ClO2P/c1-4-5-6-7-8-9(2)12-13(3,10)11/h9H,4-8H2,1-3H3. The molecule has 0 aromatic heterocycles. The molecule has 2 unspecified atom stereocenters. The lowest BCUT2D eigenvalue weighted by Gasteiger charge is -2.14. The van der Waals surface area contributed by atoms with Crippen LogP contribution in [0.5, 0.6) is 0 Å². The number of hydrogen-bond donors (Lipinski definition) is 0. The molecule has 2 atom stereocenters. The third-order valence-corrected chi connectivity index (χ3v) is 2.81. The maximum atomic E-state index is 11.1. The van der Waals surface area contributed by atoms with E-state index in [2.05, 4.69) is 6.92 Å². The first-order chi connectivity index (χ1) is 5.95. The summed E-state index contributed by atoms with van der Waals surface area (Å²) in [5, 5.41) is 0. The minimum atomic E-state index is -2.81. The van der Waals surface area contributed by atoms with E-state index in [9.17, 15) is 4.57 Å². The summed E-state index contributed by atoms with van der Waals surface area (Å²) in [6.45, 7) is 2.74. The Morgan fingerprint density at radius 1 is 1.38 bits per heavy atom. The van der Waals surface area contributed by atoms with Crippen LogP contribution in [0.4, 0.5) is 0 Å². The van der Waals surface area contributed by atoms with Gasteiger partial charge < -0.3 is 4.52 Å². The smallest absolute Gasteiger partial charge is 0.287 e. The molecule has 0 spiro atoms. The van der Waals surface area contributed by atoms with Gasteiger partial charge in [0.05, 0.1) is 6.10 Å². The predicted octanol–water partition coefficient (Wildman–Crippen LogP) is 4.42. The van der Waals surface area contributed by atoms with Crippen molar-refractivity contribution in [3.05, 3.63) is 0 Å². The highest BCUT2D eigenvalue weighted by Crippen LogP contribution is 2.49. The van der Waals surface area contributed by atoms with Gasteiger partial charge in [0.2, 0.25) is 0 Å². The van der Waals surface area contributed by atoms with Gasteiger partial charge in [0.15, 0.2) is 0 Å². The van der Waals surface area contributed by atoms with Crippen molar-refractivity contribution in [3.8, 4) is 0 Å². The summed E-state index contributed by atoms with van der Waals surface area (Å²) >= 11 is 5.50. The lowest BCUT2D eigenvalue weighted by molar-refractivity contribution is 0.217. The zero-order valence-electron chi connectivity index (χ0n) is 8.75. The third-order valence-electron chi connectivity index (χ3n) is 1.83. The molecule has 0 aliphatic carbocycles. The number of unbranched alkanes of at least 4 members (excludes halogenated alkanes) is 3. The van der Waals surface area contributed by atoms with Crippen molar-refractivity contribution in [2.75, 3.05) is 6.66 Å². The molecule has 0 amide bonds. The van der Waals surface area contributed by atoms with Crippen LogP contribution in [0.1, 0.15) is 46.0 Å². The molecule has 0 aliphatic heterocycles. The lowest BCUT2D eigenvalue weighted by atomic mass is 10.1. The molecule has 0 saturated carbocycles. The fourth-order valence-electron chi connectivity index (χ4n) is 1.23. The van der Waals surface area contributed by atoms with Gasteiger partial charge in [-0.3, -0.25) is 4.57 Å². The fourth-order valence-corrected chi connectivity index (χ4v) is 2.39. The zero-order chi connectivity index (χ0) is 10.3. The van der Waals surface area contributed by atoms with Crippen LogP contribution in [0.25, 0.3) is 0 Å². The first-order valence-electron chi connectivity index (χ1n) is 4.91. The van der Waals surface area contributed by atoms with Gasteiger partial charge in [0.1, 0.15) is 0 Å². The molecule has 0 aliphatic rings. The van der Waals surface area contributed by atoms with E-state index in [1.807, 2.05) is 6.92 Å². The van der Waals surface area contributed by atoms with Crippen molar-refractivity contribution in [2.45, 2.75) is 52.1 Å². The zero-order valence-corrected chi connectivity index (χ0v) is 10.4. The van der Waals surface area contributed by atoms with Gasteiger partial charge in [0, 0.05) is 6.66 Å². The fraction of sp³-hybridized carbons (Fsp3) is 1.00. The van der Waals surface area contributed by atoms with Crippen LogP contribution in [0.3, 0.4) is 0 Å². The summed E-state index contributed by atoms with van der Waals surface area (Å²) in [4.78, 5) is 0. The molecule has 0 rings (SSSR count). The van der Waals surface area contributed by atoms with Crippen molar-refractivity contribution in [2.24, 2.45) is 0 Å². The summed E-state index contributed by atoms with van der Waals surface area (Å²) < 4.78 is 16.2. The Morgan fingerprint density at radius 2 is 2.00 bits per heavy atom. The molecule has 80 valence electrons. The Kier molecular flexibility index (Phi) is 7.12. The second-order valence-corrected chi connectivity index (χ2v) is 7.06. The Morgan fingerprint density at radius 3 is 2.46 bits per heavy atom. The van der Waals surface area contributed by atoms with Gasteiger partial charge in [0.25, 0.3) is 6.72 Å². The molecule has 4 heteroatoms. The molecule has 0 N–H and O–H groups in total. The predicted molar refractivity (Wildman–Crippen MR) is 58.7 cm³/mol. The van der Waals surface area contributed by atoms with Crippen LogP contribution in [-0.2, 0) is 9.09 Å². The average molecular weight is 227 g/mol. The molecule has 0 saturated heterocycles. The lowest BCUT2D eigenvalue weighted by Crippen LogP contribution is -2.04. The highest BCUT2D eigenvalue weighted by Gasteiger charge is 2.14. The van der Waals surface area contributed by atoms with Crippen molar-refractivity contribution in [3.63, 3.8) is 0 Å². The second-order valence-electron chi connectivity index (χ2n) is 3.51. The molecule has 0 heterocycles. The van der Waals surface area contributed by atoms with Crippen LogP contribution < -0.4 is 0 Å². The third kappa shape index (κ3) is 10.4. The maximum absolute atomic E-state index is 11.1. The maximum Gasteiger partial charge on any atom is 0.287 e. The van der Waals surface area contributed by atoms with E-state index in [0.29, 0.717) is 0 Å². The molecule has 0 bridgehead atoms. The van der Waals surface area contributed by atoms with E-state index in [1.165, 1.54) is 25.9 Å². The average Bonchev–Trinajstić information content (AvgIpc) is 1.94. The van der Waals surface area contributed by atoms with Gasteiger partial charge in [-0.15, -0.1) is 0 Å². The SMILES string of the molecule is CCCCCCC(C)OP(C)(=O)Cl. The number of hydrogen-bond acceptors (Lipinski definition) is 2. The Labute approximate surface area is 86.2 Å². The molecule has 0 fully saturated rings. The molecule has 2 nitrogen and oxygen atoms in total. The van der Waals surface area contributed by atoms with E-state index in [-0.39, 0.29) is 6.10 Å². The van der Waals surface area contributed by atoms with E-state index in [1.54, 1.807) is 0 Å². The molecule has 0 radical (unpaired) electrons. The highest BCUT2D eigenvalue weighted by atomic mass is 35.7. The first kappa shape index (κ1) is 13.5. The van der Waals surface area contributed by atoms with Crippen LogP contribution in [0.15, 0.2) is 0 Å². The van der Waals surface area contributed by atoms with Crippen LogP contribution >= 0.6 is 18.0 Å². The molecular weight excluding hydrogens is 207 g/mol. The van der Waals surface area contributed by atoms with Gasteiger partial charge in [-0.05, 0) is 24.6 Å². The van der Waals surface area contributed by atoms with Crippen molar-refractivity contribution in [1.82, 2.24) is 0 Å². The molecule has 0 aromatic carbocycles. The number of rotatable bonds is 7. The minimum Gasteiger partial charge on any atom is -0.315 e. The largest absolute Gasteiger partial charge is 0.315 e. The summed E-state index contributed by atoms with van der Waals surface area (Å²) in [5.74, 6) is 0. The van der Waals surface area contributed by atoms with Crippen molar-refractivity contribution >= 4 is 18.0 Å². The van der Waals surface area contributed by atoms with Gasteiger partial charge >= 0.3 is 0 Å². The normalized spacial score (nSPS) is 18.2. The van der Waals surface area contributed by atoms with E-state index in [0.717, 1.165) is 12.8 Å². The summed E-state index contributed by atoms with van der Waals surface area (Å²) in [7, 11) is 0. The van der Waals surface area contributed by atoms with Crippen LogP contribution in [0, 0.1) is 0 Å². The minimum absolute atomic E-state index is 0.0187. The quantitative estimate of drug-likeness (QED) is 0.474. The number of halogens is 1. The highest BCUT2D eigenvalue weighted by molar-refractivity contribution is 7.84. The second kappa shape index (κ2) is 6.86. The van der Waals surface area contributed by atoms with E-state index < -0.39 is 6.72 Å². The van der Waals surface area contributed by atoms with E-state index in [4.69, 9.17) is 15.8 Å². The van der Waals surface area contributed by atoms with Gasteiger partial charge in [-0.2, -0.15) is 0 Å². The summed E-state index contributed by atoms with van der Waals surface area (Å²) in [5.41, 5.74) is 0. The Hall–Kier alpha value is 0.480.